The molecule has 6 rings (SSSR count). The first-order valence-corrected chi connectivity index (χ1v) is 16.8. The number of unbranched alkanes of at least 4 members (excludes halogenated alkanes) is 1. The molecule has 0 N–H and O–H groups in total. The third-order valence-corrected chi connectivity index (χ3v) is 9.07. The summed E-state index contributed by atoms with van der Waals surface area (Å²) in [7, 11) is 0. The van der Waals surface area contributed by atoms with Gasteiger partial charge in [0.2, 0.25) is 12.1 Å². The van der Waals surface area contributed by atoms with Gasteiger partial charge in [-0.05, 0) is 59.2 Å². The van der Waals surface area contributed by atoms with Gasteiger partial charge in [0.1, 0.15) is 24.6 Å². The maximum atomic E-state index is 13.6. The Morgan fingerprint density at radius 1 is 0.980 bits per heavy atom. The van der Waals surface area contributed by atoms with E-state index >= 15 is 0 Å². The molecule has 2 aliphatic rings. The number of amides is 1. The first-order valence-electron chi connectivity index (χ1n) is 16.8. The molecule has 14 nitrogen and oxygen atoms in total. The number of amidine groups is 1. The average Bonchev–Trinajstić information content (AvgIpc) is 3.87. The lowest BCUT2D eigenvalue weighted by atomic mass is 9.97. The first-order chi connectivity index (χ1) is 24.3. The molecule has 0 bridgehead atoms. The van der Waals surface area contributed by atoms with Crippen molar-refractivity contribution in [2.45, 2.75) is 90.3 Å². The molecule has 0 saturated heterocycles. The summed E-state index contributed by atoms with van der Waals surface area (Å²) in [6, 6.07) is 22.5. The largest absolute Gasteiger partial charge is 0.510 e. The lowest BCUT2D eigenvalue weighted by molar-refractivity contribution is -0.763. The van der Waals surface area contributed by atoms with Crippen LogP contribution in [-0.2, 0) is 38.9 Å². The number of hydrogen-bond donors (Lipinski definition) is 0. The van der Waals surface area contributed by atoms with Gasteiger partial charge in [0.15, 0.2) is 0 Å². The number of benzene rings is 3. The van der Waals surface area contributed by atoms with Crippen LogP contribution in [0.2, 0.25) is 0 Å². The van der Waals surface area contributed by atoms with Gasteiger partial charge in [-0.3, -0.25) is 14.7 Å². The standard InChI is InChI=1S/C36H39N7O7/c1-3-4-15-32-37-36(20-9-10-21-36)34(44)41(32)22-26-16-18-27(19-17-26)30-13-7-8-14-31(30)33-38-40-42(39-33)25(2)50-35(45)48-23-28-11-5-6-12-29(28)24-49-43(46)47/h5-8,11-14,16-19,25H,3-4,9-10,15,20-24H2,1-2H3. The molecule has 1 spiro atoms. The molecule has 0 radical (unpaired) electrons. The molecule has 260 valence electrons. The fraction of sp³-hybridized carbons (Fsp3) is 0.389. The Morgan fingerprint density at radius 2 is 1.66 bits per heavy atom. The zero-order valence-electron chi connectivity index (χ0n) is 28.1. The van der Waals surface area contributed by atoms with Gasteiger partial charge >= 0.3 is 6.16 Å². The van der Waals surface area contributed by atoms with E-state index in [0.717, 1.165) is 73.0 Å². The molecule has 1 aliphatic heterocycles. The van der Waals surface area contributed by atoms with Crippen molar-refractivity contribution in [1.82, 2.24) is 25.1 Å². The third-order valence-electron chi connectivity index (χ3n) is 9.07. The van der Waals surface area contributed by atoms with E-state index in [9.17, 15) is 19.7 Å². The van der Waals surface area contributed by atoms with Crippen LogP contribution in [0, 0.1) is 10.1 Å². The van der Waals surface area contributed by atoms with Crippen LogP contribution in [0.4, 0.5) is 4.79 Å². The van der Waals surface area contributed by atoms with Gasteiger partial charge in [-0.2, -0.15) is 0 Å². The van der Waals surface area contributed by atoms with Crippen LogP contribution in [0.3, 0.4) is 0 Å². The van der Waals surface area contributed by atoms with Crippen LogP contribution in [0.5, 0.6) is 0 Å². The van der Waals surface area contributed by atoms with Gasteiger partial charge in [0.25, 0.3) is 11.0 Å². The second-order valence-corrected chi connectivity index (χ2v) is 12.5. The van der Waals surface area contributed by atoms with Crippen molar-refractivity contribution in [2.75, 3.05) is 0 Å². The Bertz CT molecular complexity index is 1870. The predicted molar refractivity (Wildman–Crippen MR) is 182 cm³/mol. The molecule has 2 heterocycles. The van der Waals surface area contributed by atoms with Crippen LogP contribution in [-0.4, -0.2) is 53.6 Å². The molecule has 50 heavy (non-hydrogen) atoms. The van der Waals surface area contributed by atoms with E-state index < -0.39 is 23.0 Å². The number of rotatable bonds is 14. The third kappa shape index (κ3) is 7.64. The SMILES string of the molecule is CCCCC1=NC2(CCCC2)C(=O)N1Cc1ccc(-c2ccccc2-c2nnn(C(C)OC(=O)OCc3ccccc3CO[N+](=O)[O-])n2)cc1. The van der Waals surface area contributed by atoms with Crippen molar-refractivity contribution in [3.8, 4) is 22.5 Å². The van der Waals surface area contributed by atoms with E-state index in [-0.39, 0.29) is 19.1 Å². The van der Waals surface area contributed by atoms with Crippen LogP contribution < -0.4 is 0 Å². The Labute approximate surface area is 289 Å². The zero-order valence-corrected chi connectivity index (χ0v) is 28.1. The quantitative estimate of drug-likeness (QED) is 0.0782. The second-order valence-electron chi connectivity index (χ2n) is 12.5. The summed E-state index contributed by atoms with van der Waals surface area (Å²) in [5.74, 6) is 1.40. The van der Waals surface area contributed by atoms with Crippen molar-refractivity contribution in [1.29, 1.82) is 0 Å². The van der Waals surface area contributed by atoms with E-state index in [1.807, 2.05) is 53.4 Å². The van der Waals surface area contributed by atoms with E-state index in [1.54, 1.807) is 31.2 Å². The van der Waals surface area contributed by atoms with Crippen LogP contribution in [0.25, 0.3) is 22.5 Å². The average molecular weight is 682 g/mol. The van der Waals surface area contributed by atoms with Crippen molar-refractivity contribution >= 4 is 17.9 Å². The normalized spacial score (nSPS) is 15.6. The summed E-state index contributed by atoms with van der Waals surface area (Å²) in [5, 5.41) is 22.5. The molecular formula is C36H39N7O7. The Hall–Kier alpha value is -5.66. The van der Waals surface area contributed by atoms with Crippen molar-refractivity contribution in [3.05, 3.63) is 99.6 Å². The highest BCUT2D eigenvalue weighted by Crippen LogP contribution is 2.40. The van der Waals surface area contributed by atoms with Crippen molar-refractivity contribution in [2.24, 2.45) is 4.99 Å². The maximum Gasteiger partial charge on any atom is 0.510 e. The van der Waals surface area contributed by atoms with Gasteiger partial charge < -0.3 is 14.3 Å². The molecule has 1 amide bonds. The highest BCUT2D eigenvalue weighted by Gasteiger charge is 2.49. The number of ether oxygens (including phenoxy) is 2. The Kier molecular flexibility index (Phi) is 10.4. The second kappa shape index (κ2) is 15.3. The zero-order chi connectivity index (χ0) is 35.1. The number of nitrogens with zero attached hydrogens (tertiary/aromatic N) is 7. The van der Waals surface area contributed by atoms with E-state index in [4.69, 9.17) is 14.5 Å². The number of tetrazole rings is 1. The van der Waals surface area contributed by atoms with Crippen LogP contribution in [0.15, 0.2) is 77.8 Å². The molecule has 1 aromatic heterocycles. The summed E-state index contributed by atoms with van der Waals surface area (Å²) in [6.45, 7) is 3.77. The van der Waals surface area contributed by atoms with E-state index in [2.05, 4.69) is 27.2 Å². The van der Waals surface area contributed by atoms with Gasteiger partial charge in [0, 0.05) is 12.0 Å². The highest BCUT2D eigenvalue weighted by atomic mass is 16.9. The molecule has 1 atom stereocenters. The fourth-order valence-corrected chi connectivity index (χ4v) is 6.41. The highest BCUT2D eigenvalue weighted by molar-refractivity contribution is 6.08. The van der Waals surface area contributed by atoms with Crippen LogP contribution >= 0.6 is 0 Å². The predicted octanol–water partition coefficient (Wildman–Crippen LogP) is 6.83. The number of aliphatic imine (C=N–C) groups is 1. The van der Waals surface area contributed by atoms with Gasteiger partial charge in [0.05, 0.1) is 6.54 Å². The number of aromatic nitrogens is 4. The summed E-state index contributed by atoms with van der Waals surface area (Å²) in [6.07, 6.45) is 4.71. The summed E-state index contributed by atoms with van der Waals surface area (Å²) in [4.78, 5) is 49.2. The van der Waals surface area contributed by atoms with Gasteiger partial charge in [-0.25, -0.2) is 4.79 Å². The monoisotopic (exact) mass is 681 g/mol. The van der Waals surface area contributed by atoms with Gasteiger partial charge in [-0.15, -0.1) is 25.1 Å². The number of carbonyl (C=O) groups is 2. The van der Waals surface area contributed by atoms with Gasteiger partial charge in [-0.1, -0.05) is 99.0 Å². The fourth-order valence-electron chi connectivity index (χ4n) is 6.41. The minimum Gasteiger partial charge on any atom is -0.429 e. The van der Waals surface area contributed by atoms with Crippen molar-refractivity contribution < 1.29 is 29.0 Å². The molecule has 1 saturated carbocycles. The summed E-state index contributed by atoms with van der Waals surface area (Å²) in [5.41, 5.74) is 4.08. The molecule has 1 fully saturated rings. The molecule has 1 unspecified atom stereocenters. The number of carbonyl (C=O) groups excluding carboxylic acids is 2. The number of hydrogen-bond acceptors (Lipinski definition) is 11. The minimum atomic E-state index is -0.973. The van der Waals surface area contributed by atoms with Crippen molar-refractivity contribution in [3.63, 3.8) is 0 Å². The molecule has 1 aliphatic carbocycles. The summed E-state index contributed by atoms with van der Waals surface area (Å²) < 4.78 is 10.6. The molecule has 3 aromatic carbocycles. The van der Waals surface area contributed by atoms with Crippen LogP contribution in [0.1, 0.15) is 81.7 Å². The Balaban J connectivity index is 1.10. The lowest BCUT2D eigenvalue weighted by Crippen LogP contribution is -2.40. The van der Waals surface area contributed by atoms with E-state index in [0.29, 0.717) is 23.5 Å². The lowest BCUT2D eigenvalue weighted by Gasteiger charge is -2.23. The Morgan fingerprint density at radius 3 is 2.36 bits per heavy atom. The molecular weight excluding hydrogens is 642 g/mol. The smallest absolute Gasteiger partial charge is 0.429 e. The summed E-state index contributed by atoms with van der Waals surface area (Å²) >= 11 is 0. The minimum absolute atomic E-state index is 0.141. The molecule has 4 aromatic rings. The van der Waals surface area contributed by atoms with E-state index in [1.165, 1.54) is 4.80 Å². The maximum absolute atomic E-state index is 13.6. The molecule has 14 heteroatoms. The first kappa shape index (κ1) is 34.2. The topological polar surface area (TPSA) is 164 Å².